The first-order valence-corrected chi connectivity index (χ1v) is 7.60. The Balaban J connectivity index is 1.94. The minimum atomic E-state index is 0.0818. The summed E-state index contributed by atoms with van der Waals surface area (Å²) in [6.07, 6.45) is 6.74. The molecule has 110 valence electrons. The van der Waals surface area contributed by atoms with E-state index in [1.165, 1.54) is 24.1 Å². The third-order valence-electron chi connectivity index (χ3n) is 4.60. The Labute approximate surface area is 121 Å². The molecule has 1 fully saturated rings. The highest BCUT2D eigenvalue weighted by Gasteiger charge is 2.37. The molecule has 4 heteroatoms. The van der Waals surface area contributed by atoms with Crippen molar-refractivity contribution in [3.05, 3.63) is 23.3 Å². The number of aromatic nitrogens is 2. The Kier molecular flexibility index (Phi) is 3.55. The number of hydrogen-bond donors (Lipinski definition) is 1. The average molecular weight is 275 g/mol. The van der Waals surface area contributed by atoms with Crippen molar-refractivity contribution in [2.24, 2.45) is 11.3 Å². The lowest BCUT2D eigenvalue weighted by Crippen LogP contribution is -2.33. The molecule has 1 aromatic rings. The van der Waals surface area contributed by atoms with Crippen LogP contribution >= 0.6 is 0 Å². The molecule has 0 radical (unpaired) electrons. The molecule has 2 aliphatic rings. The summed E-state index contributed by atoms with van der Waals surface area (Å²) in [6.45, 7) is 4.63. The molecule has 1 saturated carbocycles. The summed E-state index contributed by atoms with van der Waals surface area (Å²) in [5.41, 5.74) is 2.75. The standard InChI is InChI=1S/C16H25N3O/c1-16(2)7-12(17-3)11-9-18-15(19-13(11)8-16)14(20-4)10-5-6-10/h9-10,12,14,17H,5-8H2,1-4H3. The zero-order chi connectivity index (χ0) is 14.3. The summed E-state index contributed by atoms with van der Waals surface area (Å²) in [6, 6.07) is 0.365. The van der Waals surface area contributed by atoms with Crippen LogP contribution in [0.2, 0.25) is 0 Å². The van der Waals surface area contributed by atoms with Crippen LogP contribution in [0.3, 0.4) is 0 Å². The van der Waals surface area contributed by atoms with Crippen LogP contribution in [0.1, 0.15) is 62.3 Å². The van der Waals surface area contributed by atoms with Gasteiger partial charge in [0.05, 0.1) is 0 Å². The molecule has 0 bridgehead atoms. The second kappa shape index (κ2) is 5.08. The molecule has 2 aliphatic carbocycles. The second-order valence-corrected chi connectivity index (χ2v) is 7.01. The predicted molar refractivity (Wildman–Crippen MR) is 78.4 cm³/mol. The molecule has 2 unspecified atom stereocenters. The van der Waals surface area contributed by atoms with E-state index < -0.39 is 0 Å². The molecular weight excluding hydrogens is 250 g/mol. The summed E-state index contributed by atoms with van der Waals surface area (Å²) < 4.78 is 5.62. The van der Waals surface area contributed by atoms with Crippen LogP contribution < -0.4 is 5.32 Å². The van der Waals surface area contributed by atoms with Gasteiger partial charge >= 0.3 is 0 Å². The SMILES string of the molecule is CNC1CC(C)(C)Cc2nc(C(OC)C3CC3)ncc21. The quantitative estimate of drug-likeness (QED) is 0.918. The van der Waals surface area contributed by atoms with Gasteiger partial charge in [0.2, 0.25) is 0 Å². The predicted octanol–water partition coefficient (Wildman–Crippen LogP) is 2.81. The topological polar surface area (TPSA) is 47.0 Å². The summed E-state index contributed by atoms with van der Waals surface area (Å²) in [5.74, 6) is 1.50. The van der Waals surface area contributed by atoms with Crippen LogP contribution in [-0.4, -0.2) is 24.1 Å². The van der Waals surface area contributed by atoms with Crippen molar-refractivity contribution in [1.82, 2.24) is 15.3 Å². The number of nitrogens with one attached hydrogen (secondary N) is 1. The van der Waals surface area contributed by atoms with Crippen molar-refractivity contribution in [2.45, 2.75) is 51.7 Å². The minimum Gasteiger partial charge on any atom is -0.373 e. The lowest BCUT2D eigenvalue weighted by atomic mass is 9.74. The van der Waals surface area contributed by atoms with Crippen molar-refractivity contribution in [3.8, 4) is 0 Å². The second-order valence-electron chi connectivity index (χ2n) is 7.01. The Morgan fingerprint density at radius 1 is 1.40 bits per heavy atom. The van der Waals surface area contributed by atoms with Gasteiger partial charge in [-0.2, -0.15) is 0 Å². The highest BCUT2D eigenvalue weighted by atomic mass is 16.5. The van der Waals surface area contributed by atoms with Crippen molar-refractivity contribution < 1.29 is 4.74 Å². The lowest BCUT2D eigenvalue weighted by Gasteiger charge is -2.36. The number of rotatable bonds is 4. The van der Waals surface area contributed by atoms with Gasteiger partial charge in [-0.1, -0.05) is 13.8 Å². The fourth-order valence-corrected chi connectivity index (χ4v) is 3.36. The highest BCUT2D eigenvalue weighted by Crippen LogP contribution is 2.43. The van der Waals surface area contributed by atoms with Crippen LogP contribution in [0.15, 0.2) is 6.20 Å². The van der Waals surface area contributed by atoms with E-state index in [1.54, 1.807) is 7.11 Å². The van der Waals surface area contributed by atoms with E-state index in [2.05, 4.69) is 24.1 Å². The van der Waals surface area contributed by atoms with E-state index in [9.17, 15) is 0 Å². The summed E-state index contributed by atoms with van der Waals surface area (Å²) in [4.78, 5) is 9.46. The molecule has 1 N–H and O–H groups in total. The van der Waals surface area contributed by atoms with Crippen molar-refractivity contribution in [3.63, 3.8) is 0 Å². The number of hydrogen-bond acceptors (Lipinski definition) is 4. The molecule has 0 spiro atoms. The van der Waals surface area contributed by atoms with Crippen LogP contribution in [0.25, 0.3) is 0 Å². The molecule has 4 nitrogen and oxygen atoms in total. The molecule has 3 rings (SSSR count). The fraction of sp³-hybridized carbons (Fsp3) is 0.750. The third kappa shape index (κ3) is 2.59. The summed E-state index contributed by atoms with van der Waals surface area (Å²) in [5, 5.41) is 3.40. The normalized spacial score (nSPS) is 26.1. The molecule has 0 saturated heterocycles. The molecule has 1 heterocycles. The minimum absolute atomic E-state index is 0.0818. The molecule has 20 heavy (non-hydrogen) atoms. The summed E-state index contributed by atoms with van der Waals surface area (Å²) >= 11 is 0. The highest BCUT2D eigenvalue weighted by molar-refractivity contribution is 5.27. The zero-order valence-corrected chi connectivity index (χ0v) is 12.9. The number of fused-ring (bicyclic) bond motifs is 1. The van der Waals surface area contributed by atoms with Gasteiger partial charge in [0.25, 0.3) is 0 Å². The fourth-order valence-electron chi connectivity index (χ4n) is 3.36. The maximum Gasteiger partial charge on any atom is 0.157 e. The number of ether oxygens (including phenoxy) is 1. The Morgan fingerprint density at radius 2 is 2.15 bits per heavy atom. The van der Waals surface area contributed by atoms with Gasteiger partial charge in [-0.3, -0.25) is 0 Å². The van der Waals surface area contributed by atoms with Gasteiger partial charge in [-0.15, -0.1) is 0 Å². The zero-order valence-electron chi connectivity index (χ0n) is 12.9. The van der Waals surface area contributed by atoms with Crippen molar-refractivity contribution in [2.75, 3.05) is 14.2 Å². The van der Waals surface area contributed by atoms with E-state index in [-0.39, 0.29) is 11.5 Å². The van der Waals surface area contributed by atoms with Gasteiger partial charge < -0.3 is 10.1 Å². The molecule has 2 atom stereocenters. The lowest BCUT2D eigenvalue weighted by molar-refractivity contribution is 0.0765. The van der Waals surface area contributed by atoms with Gasteiger partial charge in [0.15, 0.2) is 5.82 Å². The number of methoxy groups -OCH3 is 1. The smallest absolute Gasteiger partial charge is 0.157 e. The van der Waals surface area contributed by atoms with Crippen LogP contribution in [0, 0.1) is 11.3 Å². The van der Waals surface area contributed by atoms with Crippen molar-refractivity contribution >= 4 is 0 Å². The van der Waals surface area contributed by atoms with Crippen LogP contribution in [0.5, 0.6) is 0 Å². The Morgan fingerprint density at radius 3 is 2.75 bits per heavy atom. The van der Waals surface area contributed by atoms with Crippen LogP contribution in [0.4, 0.5) is 0 Å². The Hall–Kier alpha value is -1.00. The largest absolute Gasteiger partial charge is 0.373 e. The van der Waals surface area contributed by atoms with Gasteiger partial charge in [0.1, 0.15) is 6.10 Å². The maximum absolute atomic E-state index is 5.62. The third-order valence-corrected chi connectivity index (χ3v) is 4.60. The molecule has 0 aromatic carbocycles. The van der Waals surface area contributed by atoms with Gasteiger partial charge in [-0.05, 0) is 44.1 Å². The van der Waals surface area contributed by atoms with Gasteiger partial charge in [-0.25, -0.2) is 9.97 Å². The molecular formula is C16H25N3O. The maximum atomic E-state index is 5.62. The van der Waals surface area contributed by atoms with E-state index in [1.807, 2.05) is 13.2 Å². The molecule has 1 aromatic heterocycles. The first-order valence-electron chi connectivity index (χ1n) is 7.60. The van der Waals surface area contributed by atoms with E-state index in [4.69, 9.17) is 9.72 Å². The van der Waals surface area contributed by atoms with Gasteiger partial charge in [0, 0.05) is 30.6 Å². The molecule has 0 amide bonds. The Bertz CT molecular complexity index is 496. The van der Waals surface area contributed by atoms with E-state index in [0.29, 0.717) is 12.0 Å². The number of nitrogens with zero attached hydrogens (tertiary/aromatic N) is 2. The van der Waals surface area contributed by atoms with Crippen LogP contribution in [-0.2, 0) is 11.2 Å². The first-order chi connectivity index (χ1) is 9.54. The van der Waals surface area contributed by atoms with E-state index >= 15 is 0 Å². The first kappa shape index (κ1) is 14.0. The summed E-state index contributed by atoms with van der Waals surface area (Å²) in [7, 11) is 3.79. The average Bonchev–Trinajstić information content (AvgIpc) is 3.21. The monoisotopic (exact) mass is 275 g/mol. The van der Waals surface area contributed by atoms with Crippen molar-refractivity contribution in [1.29, 1.82) is 0 Å². The van der Waals surface area contributed by atoms with E-state index in [0.717, 1.165) is 18.7 Å². The molecule has 0 aliphatic heterocycles.